The predicted molar refractivity (Wildman–Crippen MR) is 152 cm³/mol. The van der Waals surface area contributed by atoms with E-state index in [0.29, 0.717) is 39.3 Å². The van der Waals surface area contributed by atoms with Crippen molar-refractivity contribution < 1.29 is 23.6 Å². The molecule has 3 heterocycles. The van der Waals surface area contributed by atoms with Gasteiger partial charge in [0.2, 0.25) is 5.91 Å². The summed E-state index contributed by atoms with van der Waals surface area (Å²) in [6, 6.07) is 19.9. The summed E-state index contributed by atoms with van der Waals surface area (Å²) in [4.78, 5) is 29.6. The molecular weight excluding hydrogens is 534 g/mol. The highest BCUT2D eigenvalue weighted by atomic mass is 32.1. The molecule has 5 rings (SSSR count). The van der Waals surface area contributed by atoms with E-state index in [-0.39, 0.29) is 24.2 Å². The summed E-state index contributed by atoms with van der Waals surface area (Å²) in [6.45, 7) is -0.117. The number of furan rings is 1. The van der Waals surface area contributed by atoms with Gasteiger partial charge in [-0.1, -0.05) is 18.2 Å². The zero-order valence-corrected chi connectivity index (χ0v) is 22.4. The number of nitrogens with zero attached hydrogens (tertiary/aromatic N) is 3. The quantitative estimate of drug-likeness (QED) is 0.164. The number of hydrogen-bond donors (Lipinski definition) is 2. The van der Waals surface area contributed by atoms with Gasteiger partial charge in [0, 0.05) is 36.7 Å². The second-order valence-electron chi connectivity index (χ2n) is 8.87. The summed E-state index contributed by atoms with van der Waals surface area (Å²) in [6.07, 6.45) is 1.70. The molecule has 204 valence electrons. The standard InChI is InChI=1S/C28H25N5O6S/c1-37-16-25(34)30-21-15-18(9-10-23(21)38-2)32-27(26(31-28(32)40)20-8-3-4-13-29-20)24-12-11-22(39-24)17-6-5-7-19(14-17)33(35)36/h3-15,26-27H,16H2,1-2H3,(H,30,34)(H,31,40)/t26-,27-/m0/s1. The van der Waals surface area contributed by atoms with Gasteiger partial charge in [0.15, 0.2) is 5.11 Å². The lowest BCUT2D eigenvalue weighted by molar-refractivity contribution is -0.384. The molecule has 1 aliphatic rings. The smallest absolute Gasteiger partial charge is 0.270 e. The van der Waals surface area contributed by atoms with Crippen LogP contribution < -0.4 is 20.3 Å². The molecule has 0 unspecified atom stereocenters. The normalized spacial score (nSPS) is 16.4. The van der Waals surface area contributed by atoms with Crippen LogP contribution in [0.4, 0.5) is 17.1 Å². The minimum atomic E-state index is -0.481. The number of nitro groups is 1. The Labute approximate surface area is 234 Å². The van der Waals surface area contributed by atoms with E-state index in [1.807, 2.05) is 35.2 Å². The molecule has 0 aliphatic carbocycles. The van der Waals surface area contributed by atoms with Crippen LogP contribution in [0.1, 0.15) is 23.5 Å². The first-order chi connectivity index (χ1) is 19.4. The van der Waals surface area contributed by atoms with Crippen molar-refractivity contribution in [3.8, 4) is 17.1 Å². The number of nitro benzene ring substituents is 1. The molecule has 2 atom stereocenters. The van der Waals surface area contributed by atoms with Crippen molar-refractivity contribution in [1.29, 1.82) is 0 Å². The zero-order chi connectivity index (χ0) is 28.2. The van der Waals surface area contributed by atoms with E-state index in [1.165, 1.54) is 26.4 Å². The fourth-order valence-corrected chi connectivity index (χ4v) is 4.97. The number of anilines is 2. The monoisotopic (exact) mass is 559 g/mol. The molecule has 4 aromatic rings. The SMILES string of the molecule is COCC(=O)Nc1cc(N2C(=S)N[C@@H](c3ccccn3)[C@@H]2c2ccc(-c3cccc([N+](=O)[O-])c3)o2)ccc1OC. The van der Waals surface area contributed by atoms with Crippen molar-refractivity contribution in [2.45, 2.75) is 12.1 Å². The number of hydrogen-bond acceptors (Lipinski definition) is 8. The highest BCUT2D eigenvalue weighted by molar-refractivity contribution is 7.80. The fraction of sp³-hybridized carbons (Fsp3) is 0.179. The fourth-order valence-electron chi connectivity index (χ4n) is 4.62. The summed E-state index contributed by atoms with van der Waals surface area (Å²) < 4.78 is 16.7. The number of rotatable bonds is 9. The first-order valence-electron chi connectivity index (χ1n) is 12.2. The molecule has 2 aromatic carbocycles. The Morgan fingerprint density at radius 3 is 2.73 bits per heavy atom. The Bertz CT molecular complexity index is 1560. The Kier molecular flexibility index (Phi) is 7.71. The number of pyridine rings is 1. The molecule has 40 heavy (non-hydrogen) atoms. The average molecular weight is 560 g/mol. The van der Waals surface area contributed by atoms with Gasteiger partial charge in [-0.15, -0.1) is 0 Å². The molecule has 0 spiro atoms. The van der Waals surface area contributed by atoms with Crippen LogP contribution in [0.2, 0.25) is 0 Å². The molecule has 0 saturated carbocycles. The average Bonchev–Trinajstić information content (AvgIpc) is 3.58. The largest absolute Gasteiger partial charge is 0.495 e. The summed E-state index contributed by atoms with van der Waals surface area (Å²) in [5.74, 6) is 1.16. The number of aromatic nitrogens is 1. The Morgan fingerprint density at radius 2 is 2.00 bits per heavy atom. The number of benzene rings is 2. The lowest BCUT2D eigenvalue weighted by Crippen LogP contribution is -2.29. The van der Waals surface area contributed by atoms with Crippen LogP contribution in [0, 0.1) is 10.1 Å². The van der Waals surface area contributed by atoms with E-state index < -0.39 is 11.0 Å². The van der Waals surface area contributed by atoms with Crippen LogP contribution in [0.25, 0.3) is 11.3 Å². The molecule has 0 radical (unpaired) electrons. The van der Waals surface area contributed by atoms with Gasteiger partial charge in [-0.25, -0.2) is 0 Å². The highest BCUT2D eigenvalue weighted by Crippen LogP contribution is 2.44. The van der Waals surface area contributed by atoms with Crippen LogP contribution in [0.15, 0.2) is 83.4 Å². The van der Waals surface area contributed by atoms with Gasteiger partial charge < -0.3 is 29.4 Å². The van der Waals surface area contributed by atoms with Crippen molar-refractivity contribution in [2.24, 2.45) is 0 Å². The third kappa shape index (κ3) is 5.35. The van der Waals surface area contributed by atoms with E-state index in [0.717, 1.165) is 5.69 Å². The van der Waals surface area contributed by atoms with E-state index >= 15 is 0 Å². The number of non-ortho nitro benzene ring substituents is 1. The van der Waals surface area contributed by atoms with E-state index in [4.69, 9.17) is 26.1 Å². The minimum absolute atomic E-state index is 0.0339. The maximum atomic E-state index is 12.3. The van der Waals surface area contributed by atoms with Crippen molar-refractivity contribution in [3.63, 3.8) is 0 Å². The number of nitrogens with one attached hydrogen (secondary N) is 2. The third-order valence-electron chi connectivity index (χ3n) is 6.37. The third-order valence-corrected chi connectivity index (χ3v) is 6.68. The molecule has 1 saturated heterocycles. The van der Waals surface area contributed by atoms with Gasteiger partial charge in [0.05, 0.1) is 29.5 Å². The van der Waals surface area contributed by atoms with E-state index in [2.05, 4.69) is 15.6 Å². The second-order valence-corrected chi connectivity index (χ2v) is 9.26. The van der Waals surface area contributed by atoms with Crippen LogP contribution in [-0.2, 0) is 9.53 Å². The number of carbonyl (C=O) groups excluding carboxylic acids is 1. The Balaban J connectivity index is 1.58. The Morgan fingerprint density at radius 1 is 1.15 bits per heavy atom. The van der Waals surface area contributed by atoms with Crippen molar-refractivity contribution in [2.75, 3.05) is 31.0 Å². The van der Waals surface area contributed by atoms with Crippen LogP contribution >= 0.6 is 12.2 Å². The lowest BCUT2D eigenvalue weighted by atomic mass is 10.0. The van der Waals surface area contributed by atoms with Gasteiger partial charge in [-0.05, 0) is 54.7 Å². The summed E-state index contributed by atoms with van der Waals surface area (Å²) in [7, 11) is 2.95. The van der Waals surface area contributed by atoms with Crippen molar-refractivity contribution in [3.05, 3.63) is 101 Å². The van der Waals surface area contributed by atoms with E-state index in [9.17, 15) is 14.9 Å². The summed E-state index contributed by atoms with van der Waals surface area (Å²) >= 11 is 5.79. The summed E-state index contributed by atoms with van der Waals surface area (Å²) in [5, 5.41) is 17.9. The zero-order valence-electron chi connectivity index (χ0n) is 21.6. The van der Waals surface area contributed by atoms with Crippen LogP contribution in [0.3, 0.4) is 0 Å². The van der Waals surface area contributed by atoms with Crippen molar-refractivity contribution >= 4 is 40.3 Å². The maximum absolute atomic E-state index is 12.3. The van der Waals surface area contributed by atoms with Gasteiger partial charge in [0.1, 0.15) is 29.9 Å². The Hall–Kier alpha value is -4.81. The second kappa shape index (κ2) is 11.5. The topological polar surface area (TPSA) is 132 Å². The number of amides is 1. The first-order valence-corrected chi connectivity index (χ1v) is 12.6. The number of thiocarbonyl (C=S) groups is 1. The van der Waals surface area contributed by atoms with Crippen LogP contribution in [0.5, 0.6) is 5.75 Å². The predicted octanol–water partition coefficient (Wildman–Crippen LogP) is 5.02. The van der Waals surface area contributed by atoms with Crippen molar-refractivity contribution in [1.82, 2.24) is 10.3 Å². The van der Waals surface area contributed by atoms with Crippen LogP contribution in [-0.4, -0.2) is 41.8 Å². The van der Waals surface area contributed by atoms with E-state index in [1.54, 1.807) is 36.5 Å². The molecule has 2 aromatic heterocycles. The molecule has 1 fully saturated rings. The molecule has 1 amide bonds. The maximum Gasteiger partial charge on any atom is 0.270 e. The van der Waals surface area contributed by atoms with Gasteiger partial charge in [-0.3, -0.25) is 19.9 Å². The molecule has 1 aliphatic heterocycles. The lowest BCUT2D eigenvalue weighted by Gasteiger charge is -2.27. The number of carbonyl (C=O) groups is 1. The molecule has 11 nitrogen and oxygen atoms in total. The minimum Gasteiger partial charge on any atom is -0.495 e. The molecule has 12 heteroatoms. The molecule has 0 bridgehead atoms. The summed E-state index contributed by atoms with van der Waals surface area (Å²) in [5.41, 5.74) is 2.40. The number of ether oxygens (including phenoxy) is 2. The molecule has 2 N–H and O–H groups in total. The van der Waals surface area contributed by atoms with Gasteiger partial charge >= 0.3 is 0 Å². The molecular formula is C28H25N5O6S. The van der Waals surface area contributed by atoms with Gasteiger partial charge in [-0.2, -0.15) is 0 Å². The number of methoxy groups -OCH3 is 2. The highest BCUT2D eigenvalue weighted by Gasteiger charge is 2.43. The van der Waals surface area contributed by atoms with Gasteiger partial charge in [0.25, 0.3) is 5.69 Å². The first kappa shape index (κ1) is 26.8.